The van der Waals surface area contributed by atoms with Crippen LogP contribution < -0.4 is 14.5 Å². The van der Waals surface area contributed by atoms with Crippen LogP contribution in [0.3, 0.4) is 0 Å². The molecule has 1 N–H and O–H groups in total. The largest absolute Gasteiger partial charge is 0.455 e. The maximum absolute atomic E-state index is 13.7. The highest BCUT2D eigenvalue weighted by molar-refractivity contribution is 7.92. The number of amides is 1. The van der Waals surface area contributed by atoms with Crippen LogP contribution in [0, 0.1) is 5.82 Å². The zero-order chi connectivity index (χ0) is 28.9. The number of para-hydroxylation sites is 2. The smallest absolute Gasteiger partial charge is 0.298 e. The molecular weight excluding hydrogens is 551 g/mol. The third-order valence-electron chi connectivity index (χ3n) is 7.20. The van der Waals surface area contributed by atoms with E-state index in [9.17, 15) is 17.6 Å². The van der Waals surface area contributed by atoms with Gasteiger partial charge >= 0.3 is 0 Å². The number of anilines is 2. The van der Waals surface area contributed by atoms with Gasteiger partial charge in [0.15, 0.2) is 5.58 Å². The molecule has 0 bridgehead atoms. The number of aromatic nitrogens is 1. The molecule has 212 valence electrons. The highest BCUT2D eigenvalue weighted by Crippen LogP contribution is 2.41. The SMILES string of the molecule is CNC(=O)c1c(-c2ccc(F)cc2)oc2cc(N(C)S(C)(=O)=O)c(C3CN(c4nc5ccccc5o4)CCO3)cc12. The van der Waals surface area contributed by atoms with Crippen LogP contribution in [0.1, 0.15) is 22.0 Å². The highest BCUT2D eigenvalue weighted by atomic mass is 32.2. The van der Waals surface area contributed by atoms with Crippen LogP contribution in [0.2, 0.25) is 0 Å². The van der Waals surface area contributed by atoms with Crippen molar-refractivity contribution in [2.24, 2.45) is 0 Å². The minimum absolute atomic E-state index is 0.238. The van der Waals surface area contributed by atoms with Crippen molar-refractivity contribution in [2.45, 2.75) is 6.10 Å². The van der Waals surface area contributed by atoms with Crippen molar-refractivity contribution in [2.75, 3.05) is 49.3 Å². The molecule has 5 aromatic rings. The molecule has 6 rings (SSSR count). The number of nitrogens with zero attached hydrogens (tertiary/aromatic N) is 3. The molecule has 10 nitrogen and oxygen atoms in total. The summed E-state index contributed by atoms with van der Waals surface area (Å²) in [7, 11) is -0.725. The number of fused-ring (bicyclic) bond motifs is 2. The van der Waals surface area contributed by atoms with Crippen molar-refractivity contribution >= 4 is 49.7 Å². The van der Waals surface area contributed by atoms with E-state index in [2.05, 4.69) is 10.3 Å². The number of morpholine rings is 1. The van der Waals surface area contributed by atoms with E-state index in [0.29, 0.717) is 59.1 Å². The lowest BCUT2D eigenvalue weighted by Crippen LogP contribution is -2.39. The zero-order valence-corrected chi connectivity index (χ0v) is 23.4. The van der Waals surface area contributed by atoms with Gasteiger partial charge in [0.2, 0.25) is 10.0 Å². The summed E-state index contributed by atoms with van der Waals surface area (Å²) < 4.78 is 58.5. The molecule has 0 spiro atoms. The van der Waals surface area contributed by atoms with E-state index in [1.165, 1.54) is 38.4 Å². The Morgan fingerprint density at radius 3 is 2.56 bits per heavy atom. The lowest BCUT2D eigenvalue weighted by Gasteiger charge is -2.34. The lowest BCUT2D eigenvalue weighted by atomic mass is 9.99. The van der Waals surface area contributed by atoms with Crippen LogP contribution >= 0.6 is 0 Å². The Morgan fingerprint density at radius 1 is 1.10 bits per heavy atom. The first-order valence-electron chi connectivity index (χ1n) is 12.9. The molecule has 0 radical (unpaired) electrons. The third-order valence-corrected chi connectivity index (χ3v) is 8.39. The monoisotopic (exact) mass is 578 g/mol. The molecule has 1 saturated heterocycles. The van der Waals surface area contributed by atoms with Crippen LogP contribution in [0.5, 0.6) is 0 Å². The minimum atomic E-state index is -3.68. The molecule has 0 aliphatic carbocycles. The summed E-state index contributed by atoms with van der Waals surface area (Å²) in [5.74, 6) is -0.596. The Morgan fingerprint density at radius 2 is 1.85 bits per heavy atom. The van der Waals surface area contributed by atoms with E-state index >= 15 is 0 Å². The normalized spacial score (nSPS) is 15.9. The summed E-state index contributed by atoms with van der Waals surface area (Å²) in [5.41, 5.74) is 3.31. The number of carbonyl (C=O) groups excluding carboxylic acids is 1. The van der Waals surface area contributed by atoms with E-state index in [4.69, 9.17) is 13.6 Å². The number of hydrogen-bond donors (Lipinski definition) is 1. The first kappa shape index (κ1) is 26.8. The van der Waals surface area contributed by atoms with Gasteiger partial charge in [-0.3, -0.25) is 9.10 Å². The number of hydrogen-bond acceptors (Lipinski definition) is 8. The van der Waals surface area contributed by atoms with Gasteiger partial charge in [-0.1, -0.05) is 12.1 Å². The molecule has 1 aliphatic rings. The van der Waals surface area contributed by atoms with Crippen LogP contribution in [0.4, 0.5) is 16.1 Å². The summed E-state index contributed by atoms with van der Waals surface area (Å²) in [6.07, 6.45) is 0.513. The molecule has 1 aliphatic heterocycles. The average Bonchev–Trinajstić information content (AvgIpc) is 3.57. The Kier molecular flexibility index (Phi) is 6.66. The van der Waals surface area contributed by atoms with Crippen LogP contribution in [0.25, 0.3) is 33.4 Å². The summed E-state index contributed by atoms with van der Waals surface area (Å²) >= 11 is 0. The van der Waals surface area contributed by atoms with Crippen molar-refractivity contribution in [3.05, 3.63) is 77.6 Å². The van der Waals surface area contributed by atoms with Gasteiger partial charge < -0.3 is 23.8 Å². The van der Waals surface area contributed by atoms with Gasteiger partial charge in [-0.2, -0.15) is 4.98 Å². The number of halogens is 1. The molecule has 0 saturated carbocycles. The fourth-order valence-corrected chi connectivity index (χ4v) is 5.54. The predicted octanol–water partition coefficient (Wildman–Crippen LogP) is 4.71. The van der Waals surface area contributed by atoms with Crippen LogP contribution in [-0.4, -0.2) is 59.4 Å². The first-order valence-corrected chi connectivity index (χ1v) is 14.7. The Balaban J connectivity index is 1.50. The number of nitrogens with one attached hydrogen (secondary N) is 1. The quantitative estimate of drug-likeness (QED) is 0.308. The fourth-order valence-electron chi connectivity index (χ4n) is 5.02. The second-order valence-corrected chi connectivity index (χ2v) is 11.8. The lowest BCUT2D eigenvalue weighted by molar-refractivity contribution is 0.0386. The molecule has 3 heterocycles. The van der Waals surface area contributed by atoms with Crippen molar-refractivity contribution < 1.29 is 31.2 Å². The van der Waals surface area contributed by atoms with Gasteiger partial charge in [-0.05, 0) is 42.5 Å². The highest BCUT2D eigenvalue weighted by Gasteiger charge is 2.32. The van der Waals surface area contributed by atoms with Gasteiger partial charge in [0, 0.05) is 43.2 Å². The number of carbonyl (C=O) groups is 1. The van der Waals surface area contributed by atoms with Gasteiger partial charge in [-0.15, -0.1) is 0 Å². The van der Waals surface area contributed by atoms with E-state index in [-0.39, 0.29) is 11.3 Å². The van der Waals surface area contributed by atoms with Crippen LogP contribution in [0.15, 0.2) is 69.5 Å². The number of oxazole rings is 1. The topological polar surface area (TPSA) is 118 Å². The molecule has 2 aromatic heterocycles. The van der Waals surface area contributed by atoms with Gasteiger partial charge in [0.25, 0.3) is 11.9 Å². The molecule has 1 unspecified atom stereocenters. The number of sulfonamides is 1. The predicted molar refractivity (Wildman–Crippen MR) is 153 cm³/mol. The number of rotatable bonds is 6. The number of benzene rings is 3. The summed E-state index contributed by atoms with van der Waals surface area (Å²) in [6.45, 7) is 1.17. The average molecular weight is 579 g/mol. The summed E-state index contributed by atoms with van der Waals surface area (Å²) in [5, 5.41) is 3.11. The van der Waals surface area contributed by atoms with E-state index in [1.54, 1.807) is 12.1 Å². The second-order valence-electron chi connectivity index (χ2n) is 9.80. The summed E-state index contributed by atoms with van der Waals surface area (Å²) in [6, 6.07) is 16.8. The van der Waals surface area contributed by atoms with Crippen molar-refractivity contribution in [3.63, 3.8) is 0 Å². The van der Waals surface area contributed by atoms with E-state index < -0.39 is 27.9 Å². The van der Waals surface area contributed by atoms with E-state index in [1.807, 2.05) is 29.2 Å². The summed E-state index contributed by atoms with van der Waals surface area (Å²) in [4.78, 5) is 19.7. The molecule has 41 heavy (non-hydrogen) atoms. The molecule has 3 aromatic carbocycles. The van der Waals surface area contributed by atoms with Crippen molar-refractivity contribution in [3.8, 4) is 11.3 Å². The zero-order valence-electron chi connectivity index (χ0n) is 22.5. The Labute approximate surface area is 235 Å². The second kappa shape index (κ2) is 10.2. The standard InChI is InChI=1S/C29H27FN4O6S/c1-31-28(35)26-20-14-19(25-16-34(12-13-38-25)29-32-21-6-4-5-7-23(21)40-29)22(33(2)41(3,36)37)15-24(20)39-27(26)17-8-10-18(30)11-9-17/h4-11,14-15,25H,12-13,16H2,1-3H3,(H,31,35). The van der Waals surface area contributed by atoms with Gasteiger partial charge in [0.05, 0.1) is 30.7 Å². The van der Waals surface area contributed by atoms with Crippen molar-refractivity contribution in [1.29, 1.82) is 0 Å². The van der Waals surface area contributed by atoms with Gasteiger partial charge in [0.1, 0.15) is 28.8 Å². The molecular formula is C29H27FN4O6S. The fraction of sp³-hybridized carbons (Fsp3) is 0.241. The molecule has 1 fully saturated rings. The third kappa shape index (κ3) is 4.89. The molecule has 1 amide bonds. The number of furan rings is 1. The maximum Gasteiger partial charge on any atom is 0.298 e. The minimum Gasteiger partial charge on any atom is -0.455 e. The Bertz CT molecular complexity index is 1850. The number of ether oxygens (including phenoxy) is 1. The first-order chi connectivity index (χ1) is 19.6. The van der Waals surface area contributed by atoms with Crippen LogP contribution in [-0.2, 0) is 14.8 Å². The van der Waals surface area contributed by atoms with Crippen molar-refractivity contribution in [1.82, 2.24) is 10.3 Å². The maximum atomic E-state index is 13.7. The van der Waals surface area contributed by atoms with E-state index in [0.717, 1.165) is 16.1 Å². The Hall–Kier alpha value is -4.42. The molecule has 1 atom stereocenters. The molecule has 12 heteroatoms. The van der Waals surface area contributed by atoms with Gasteiger partial charge in [-0.25, -0.2) is 12.8 Å².